The fourth-order valence-electron chi connectivity index (χ4n) is 2.39. The SMILES string of the molecule is CO/C(=C\C=C\c1cc2cc(Cl)c(Cl)cc2[nH]1)C(=O)Nc1cnc(OC)nc1. The van der Waals surface area contributed by atoms with Gasteiger partial charge in [0.2, 0.25) is 0 Å². The maximum absolute atomic E-state index is 12.3. The van der Waals surface area contributed by atoms with Gasteiger partial charge in [-0.05, 0) is 30.4 Å². The molecule has 0 bridgehead atoms. The highest BCUT2D eigenvalue weighted by molar-refractivity contribution is 6.42. The fraction of sp³-hybridized carbons (Fsp3) is 0.105. The van der Waals surface area contributed by atoms with Gasteiger partial charge in [0.15, 0.2) is 5.76 Å². The Morgan fingerprint density at radius 3 is 2.54 bits per heavy atom. The average molecular weight is 419 g/mol. The highest BCUT2D eigenvalue weighted by Gasteiger charge is 2.10. The van der Waals surface area contributed by atoms with Crippen LogP contribution in [-0.2, 0) is 9.53 Å². The molecule has 0 saturated carbocycles. The summed E-state index contributed by atoms with van der Waals surface area (Å²) in [6.07, 6.45) is 7.91. The second kappa shape index (κ2) is 8.77. The van der Waals surface area contributed by atoms with Crippen molar-refractivity contribution in [1.29, 1.82) is 0 Å². The number of carbonyl (C=O) groups excluding carboxylic acids is 1. The summed E-state index contributed by atoms with van der Waals surface area (Å²) >= 11 is 12.1. The zero-order valence-electron chi connectivity index (χ0n) is 15.0. The number of anilines is 1. The molecule has 0 radical (unpaired) electrons. The summed E-state index contributed by atoms with van der Waals surface area (Å²) in [4.78, 5) is 23.4. The molecule has 0 spiro atoms. The van der Waals surface area contributed by atoms with Crippen LogP contribution >= 0.6 is 23.2 Å². The van der Waals surface area contributed by atoms with Gasteiger partial charge in [-0.15, -0.1) is 0 Å². The van der Waals surface area contributed by atoms with E-state index < -0.39 is 5.91 Å². The van der Waals surface area contributed by atoms with Crippen LogP contribution in [0, 0.1) is 0 Å². The first-order valence-electron chi connectivity index (χ1n) is 8.07. The summed E-state index contributed by atoms with van der Waals surface area (Å²) in [6.45, 7) is 0. The fourth-order valence-corrected chi connectivity index (χ4v) is 2.73. The van der Waals surface area contributed by atoms with Crippen LogP contribution < -0.4 is 10.1 Å². The molecule has 144 valence electrons. The number of carbonyl (C=O) groups is 1. The van der Waals surface area contributed by atoms with Gasteiger partial charge in [-0.3, -0.25) is 4.79 Å². The van der Waals surface area contributed by atoms with Crippen LogP contribution in [0.15, 0.2) is 48.5 Å². The van der Waals surface area contributed by atoms with Crippen molar-refractivity contribution < 1.29 is 14.3 Å². The summed E-state index contributed by atoms with van der Waals surface area (Å²) < 4.78 is 10.0. The van der Waals surface area contributed by atoms with E-state index in [-0.39, 0.29) is 11.8 Å². The molecule has 3 rings (SSSR count). The maximum atomic E-state index is 12.3. The molecule has 0 fully saturated rings. The normalized spacial score (nSPS) is 11.8. The molecule has 0 aliphatic rings. The second-order valence-electron chi connectivity index (χ2n) is 5.58. The van der Waals surface area contributed by atoms with Crippen molar-refractivity contribution in [3.05, 3.63) is 64.2 Å². The molecule has 0 aliphatic heterocycles. The Morgan fingerprint density at radius 2 is 1.86 bits per heavy atom. The average Bonchev–Trinajstić information content (AvgIpc) is 3.07. The van der Waals surface area contributed by atoms with E-state index in [0.29, 0.717) is 15.7 Å². The molecule has 2 heterocycles. The Bertz CT molecular complexity index is 1020. The van der Waals surface area contributed by atoms with Crippen molar-refractivity contribution >= 4 is 51.8 Å². The first kappa shape index (κ1) is 19.7. The van der Waals surface area contributed by atoms with E-state index in [1.54, 1.807) is 30.4 Å². The van der Waals surface area contributed by atoms with Crippen molar-refractivity contribution in [3.63, 3.8) is 0 Å². The van der Waals surface area contributed by atoms with Crippen molar-refractivity contribution in [1.82, 2.24) is 15.0 Å². The lowest BCUT2D eigenvalue weighted by molar-refractivity contribution is -0.115. The summed E-state index contributed by atoms with van der Waals surface area (Å²) in [7, 11) is 2.87. The van der Waals surface area contributed by atoms with Gasteiger partial charge in [-0.2, -0.15) is 0 Å². The maximum Gasteiger partial charge on any atom is 0.316 e. The Hall–Kier alpha value is -3.03. The molecule has 7 nitrogen and oxygen atoms in total. The largest absolute Gasteiger partial charge is 0.491 e. The second-order valence-corrected chi connectivity index (χ2v) is 6.40. The number of H-pyrrole nitrogens is 1. The van der Waals surface area contributed by atoms with Gasteiger partial charge in [0, 0.05) is 16.6 Å². The topological polar surface area (TPSA) is 89.1 Å². The molecule has 1 aromatic carbocycles. The highest BCUT2D eigenvalue weighted by atomic mass is 35.5. The lowest BCUT2D eigenvalue weighted by atomic mass is 10.2. The minimum atomic E-state index is -0.434. The molecule has 2 aromatic heterocycles. The Labute approximate surface area is 171 Å². The molecule has 9 heteroatoms. The molecule has 0 aliphatic carbocycles. The number of benzene rings is 1. The van der Waals surface area contributed by atoms with Crippen LogP contribution in [-0.4, -0.2) is 35.1 Å². The van der Waals surface area contributed by atoms with Gasteiger partial charge < -0.3 is 19.8 Å². The predicted octanol–water partition coefficient (Wildman–Crippen LogP) is 4.46. The number of halogens is 2. The number of hydrogen-bond donors (Lipinski definition) is 2. The minimum Gasteiger partial charge on any atom is -0.491 e. The van der Waals surface area contributed by atoms with E-state index in [1.165, 1.54) is 26.6 Å². The Kier molecular flexibility index (Phi) is 6.18. The van der Waals surface area contributed by atoms with E-state index in [0.717, 1.165) is 16.6 Å². The summed E-state index contributed by atoms with van der Waals surface area (Å²) in [5.41, 5.74) is 2.10. The third-order valence-electron chi connectivity index (χ3n) is 3.72. The number of allylic oxidation sites excluding steroid dienone is 2. The lowest BCUT2D eigenvalue weighted by Crippen LogP contribution is -2.15. The number of amides is 1. The Balaban J connectivity index is 1.71. The van der Waals surface area contributed by atoms with E-state index in [4.69, 9.17) is 32.7 Å². The van der Waals surface area contributed by atoms with Crippen molar-refractivity contribution in [2.75, 3.05) is 19.5 Å². The van der Waals surface area contributed by atoms with E-state index in [2.05, 4.69) is 20.3 Å². The van der Waals surface area contributed by atoms with E-state index in [1.807, 2.05) is 6.07 Å². The quantitative estimate of drug-likeness (QED) is 0.350. The van der Waals surface area contributed by atoms with Crippen LogP contribution in [0.3, 0.4) is 0 Å². The van der Waals surface area contributed by atoms with Gasteiger partial charge in [-0.25, -0.2) is 9.97 Å². The van der Waals surface area contributed by atoms with Crippen LogP contribution in [0.4, 0.5) is 5.69 Å². The van der Waals surface area contributed by atoms with E-state index in [9.17, 15) is 4.79 Å². The number of nitrogens with zero attached hydrogens (tertiary/aromatic N) is 2. The monoisotopic (exact) mass is 418 g/mol. The van der Waals surface area contributed by atoms with Crippen molar-refractivity contribution in [2.45, 2.75) is 0 Å². The lowest BCUT2D eigenvalue weighted by Gasteiger charge is -2.06. The number of ether oxygens (including phenoxy) is 2. The van der Waals surface area contributed by atoms with Gasteiger partial charge in [0.1, 0.15) is 0 Å². The number of fused-ring (bicyclic) bond motifs is 1. The summed E-state index contributed by atoms with van der Waals surface area (Å²) in [5.74, 6) is -0.314. The Morgan fingerprint density at radius 1 is 1.14 bits per heavy atom. The molecular weight excluding hydrogens is 403 g/mol. The number of rotatable bonds is 6. The number of methoxy groups -OCH3 is 2. The summed E-state index contributed by atoms with van der Waals surface area (Å²) in [6, 6.07) is 5.68. The van der Waals surface area contributed by atoms with Crippen LogP contribution in [0.1, 0.15) is 5.69 Å². The van der Waals surface area contributed by atoms with Gasteiger partial charge in [-0.1, -0.05) is 29.3 Å². The number of nitrogens with one attached hydrogen (secondary N) is 2. The van der Waals surface area contributed by atoms with Gasteiger partial charge in [0.05, 0.1) is 42.3 Å². The standard InChI is InChI=1S/C19H16Cl2N4O3/c1-27-17(18(26)25-13-9-22-19(28-2)23-10-13)5-3-4-12-6-11-7-14(20)15(21)8-16(11)24-12/h3-10,24H,1-2H3,(H,25,26)/b4-3+,17-5-. The predicted molar refractivity (Wildman–Crippen MR) is 110 cm³/mol. The molecular formula is C19H16Cl2N4O3. The number of hydrogen-bond acceptors (Lipinski definition) is 5. The van der Waals surface area contributed by atoms with E-state index >= 15 is 0 Å². The zero-order valence-corrected chi connectivity index (χ0v) is 16.5. The third kappa shape index (κ3) is 4.62. The van der Waals surface area contributed by atoms with Gasteiger partial charge >= 0.3 is 6.01 Å². The number of aromatic nitrogens is 3. The van der Waals surface area contributed by atoms with Crippen LogP contribution in [0.2, 0.25) is 10.0 Å². The molecule has 0 saturated heterocycles. The molecule has 3 aromatic rings. The molecule has 2 N–H and O–H groups in total. The summed E-state index contributed by atoms with van der Waals surface area (Å²) in [5, 5.41) is 4.54. The molecule has 0 unspecified atom stereocenters. The molecule has 1 amide bonds. The smallest absolute Gasteiger partial charge is 0.316 e. The van der Waals surface area contributed by atoms with Crippen molar-refractivity contribution in [3.8, 4) is 6.01 Å². The van der Waals surface area contributed by atoms with Gasteiger partial charge in [0.25, 0.3) is 5.91 Å². The first-order chi connectivity index (χ1) is 13.5. The molecule has 28 heavy (non-hydrogen) atoms. The third-order valence-corrected chi connectivity index (χ3v) is 4.44. The highest BCUT2D eigenvalue weighted by Crippen LogP contribution is 2.28. The first-order valence-corrected chi connectivity index (χ1v) is 8.83. The van der Waals surface area contributed by atoms with Crippen LogP contribution in [0.5, 0.6) is 6.01 Å². The number of aromatic amines is 1. The van der Waals surface area contributed by atoms with Crippen molar-refractivity contribution in [2.24, 2.45) is 0 Å². The molecule has 0 atom stereocenters. The van der Waals surface area contributed by atoms with Crippen LogP contribution in [0.25, 0.3) is 17.0 Å². The zero-order chi connectivity index (χ0) is 20.1. The minimum absolute atomic E-state index is 0.120.